The number of ether oxygens (including phenoxy) is 1. The maximum atomic E-state index is 5.64. The van der Waals surface area contributed by atoms with Gasteiger partial charge in [-0.2, -0.15) is 0 Å². The zero-order valence-corrected chi connectivity index (χ0v) is 8.02. The van der Waals surface area contributed by atoms with E-state index in [0.717, 1.165) is 12.8 Å². The monoisotopic (exact) mass is 159 g/mol. The molecule has 0 heterocycles. The normalized spacial score (nSPS) is 16.4. The Bertz CT molecular complexity index is 81.3. The molecule has 0 aliphatic rings. The van der Waals surface area contributed by atoms with Crippen molar-refractivity contribution >= 4 is 0 Å². The van der Waals surface area contributed by atoms with Crippen LogP contribution in [0.15, 0.2) is 0 Å². The van der Waals surface area contributed by atoms with Gasteiger partial charge in [-0.25, -0.2) is 0 Å². The molecule has 0 amide bonds. The van der Waals surface area contributed by atoms with Gasteiger partial charge in [-0.15, -0.1) is 0 Å². The molecule has 0 unspecified atom stereocenters. The number of unbranched alkanes of at least 4 members (excludes halogenated alkanes) is 1. The zero-order valence-electron chi connectivity index (χ0n) is 8.02. The van der Waals surface area contributed by atoms with Gasteiger partial charge < -0.3 is 10.5 Å². The van der Waals surface area contributed by atoms with Crippen LogP contribution in [0.2, 0.25) is 0 Å². The standard InChI is InChI=1S/C9H21NO/c1-4-6-7-9(5-2,8-10)11-3/h4-8,10H2,1-3H3/t9-/m0/s1. The van der Waals surface area contributed by atoms with Crippen LogP contribution in [0.1, 0.15) is 39.5 Å². The van der Waals surface area contributed by atoms with E-state index in [-0.39, 0.29) is 5.60 Å². The summed E-state index contributed by atoms with van der Waals surface area (Å²) in [6.07, 6.45) is 4.52. The summed E-state index contributed by atoms with van der Waals surface area (Å²) in [5, 5.41) is 0. The smallest absolute Gasteiger partial charge is 0.0797 e. The van der Waals surface area contributed by atoms with E-state index in [1.807, 2.05) is 0 Å². The third-order valence-corrected chi connectivity index (χ3v) is 2.44. The van der Waals surface area contributed by atoms with Gasteiger partial charge in [0, 0.05) is 13.7 Å². The maximum absolute atomic E-state index is 5.64. The van der Waals surface area contributed by atoms with Crippen molar-refractivity contribution in [2.45, 2.75) is 45.1 Å². The molecule has 0 saturated carbocycles. The molecule has 0 rings (SSSR count). The Balaban J connectivity index is 3.84. The summed E-state index contributed by atoms with van der Waals surface area (Å²) >= 11 is 0. The predicted molar refractivity (Wildman–Crippen MR) is 48.6 cm³/mol. The van der Waals surface area contributed by atoms with E-state index < -0.39 is 0 Å². The van der Waals surface area contributed by atoms with E-state index in [2.05, 4.69) is 13.8 Å². The minimum absolute atomic E-state index is 0.0456. The summed E-state index contributed by atoms with van der Waals surface area (Å²) < 4.78 is 5.41. The fourth-order valence-corrected chi connectivity index (χ4v) is 1.25. The van der Waals surface area contributed by atoms with Crippen molar-refractivity contribution < 1.29 is 4.74 Å². The molecule has 11 heavy (non-hydrogen) atoms. The first-order valence-corrected chi connectivity index (χ1v) is 4.50. The number of hydrogen-bond acceptors (Lipinski definition) is 2. The first-order valence-electron chi connectivity index (χ1n) is 4.50. The summed E-state index contributed by atoms with van der Waals surface area (Å²) in [6.45, 7) is 4.96. The first-order chi connectivity index (χ1) is 5.24. The fourth-order valence-electron chi connectivity index (χ4n) is 1.25. The minimum Gasteiger partial charge on any atom is -0.377 e. The van der Waals surface area contributed by atoms with Gasteiger partial charge in [-0.1, -0.05) is 26.7 Å². The third-order valence-electron chi connectivity index (χ3n) is 2.44. The average molecular weight is 159 g/mol. The number of rotatable bonds is 6. The van der Waals surface area contributed by atoms with Crippen LogP contribution in [-0.2, 0) is 4.74 Å². The van der Waals surface area contributed by atoms with Crippen LogP contribution >= 0.6 is 0 Å². The second-order valence-electron chi connectivity index (χ2n) is 3.05. The molecule has 1 atom stereocenters. The number of methoxy groups -OCH3 is 1. The fraction of sp³-hybridized carbons (Fsp3) is 1.00. The minimum atomic E-state index is -0.0456. The molecule has 2 nitrogen and oxygen atoms in total. The SMILES string of the molecule is CCCC[C@@](CC)(CN)OC. The topological polar surface area (TPSA) is 35.2 Å². The van der Waals surface area contributed by atoms with Crippen molar-refractivity contribution in [3.63, 3.8) is 0 Å². The van der Waals surface area contributed by atoms with Crippen molar-refractivity contribution in [2.24, 2.45) is 5.73 Å². The highest BCUT2D eigenvalue weighted by atomic mass is 16.5. The summed E-state index contributed by atoms with van der Waals surface area (Å²) in [4.78, 5) is 0. The Morgan fingerprint density at radius 2 is 2.00 bits per heavy atom. The molecule has 0 aromatic carbocycles. The predicted octanol–water partition coefficient (Wildman–Crippen LogP) is 1.93. The van der Waals surface area contributed by atoms with Crippen molar-refractivity contribution in [3.05, 3.63) is 0 Å². The van der Waals surface area contributed by atoms with E-state index in [0.29, 0.717) is 6.54 Å². The Kier molecular flexibility index (Phi) is 5.51. The van der Waals surface area contributed by atoms with Crippen molar-refractivity contribution in [3.8, 4) is 0 Å². The lowest BCUT2D eigenvalue weighted by Gasteiger charge is -2.29. The molecule has 0 fully saturated rings. The maximum Gasteiger partial charge on any atom is 0.0797 e. The largest absolute Gasteiger partial charge is 0.377 e. The van der Waals surface area contributed by atoms with E-state index in [9.17, 15) is 0 Å². The van der Waals surface area contributed by atoms with Crippen LogP contribution in [0.25, 0.3) is 0 Å². The molecule has 0 aromatic heterocycles. The second-order valence-corrected chi connectivity index (χ2v) is 3.05. The molecular formula is C9H21NO. The summed E-state index contributed by atoms with van der Waals surface area (Å²) in [6, 6.07) is 0. The van der Waals surface area contributed by atoms with Crippen molar-refractivity contribution in [2.75, 3.05) is 13.7 Å². The molecule has 68 valence electrons. The Morgan fingerprint density at radius 3 is 2.27 bits per heavy atom. The van der Waals surface area contributed by atoms with Crippen LogP contribution in [0.4, 0.5) is 0 Å². The number of hydrogen-bond donors (Lipinski definition) is 1. The van der Waals surface area contributed by atoms with Gasteiger partial charge in [-0.3, -0.25) is 0 Å². The van der Waals surface area contributed by atoms with E-state index in [1.165, 1.54) is 12.8 Å². The molecule has 0 radical (unpaired) electrons. The highest BCUT2D eigenvalue weighted by Crippen LogP contribution is 2.20. The highest BCUT2D eigenvalue weighted by molar-refractivity contribution is 4.79. The summed E-state index contributed by atoms with van der Waals surface area (Å²) in [7, 11) is 1.76. The molecule has 2 heteroatoms. The Hall–Kier alpha value is -0.0800. The van der Waals surface area contributed by atoms with Gasteiger partial charge in [0.2, 0.25) is 0 Å². The van der Waals surface area contributed by atoms with Crippen LogP contribution < -0.4 is 5.73 Å². The van der Waals surface area contributed by atoms with Crippen LogP contribution in [0.3, 0.4) is 0 Å². The molecule has 0 bridgehead atoms. The lowest BCUT2D eigenvalue weighted by Crippen LogP contribution is -2.39. The lowest BCUT2D eigenvalue weighted by atomic mass is 9.94. The molecular weight excluding hydrogens is 138 g/mol. The second kappa shape index (κ2) is 5.56. The van der Waals surface area contributed by atoms with E-state index in [1.54, 1.807) is 7.11 Å². The molecule has 0 aromatic rings. The molecule has 0 spiro atoms. The molecule has 0 aliphatic heterocycles. The van der Waals surface area contributed by atoms with Gasteiger partial charge in [0.25, 0.3) is 0 Å². The average Bonchev–Trinajstić information content (AvgIpc) is 2.08. The summed E-state index contributed by atoms with van der Waals surface area (Å²) in [5.74, 6) is 0. The van der Waals surface area contributed by atoms with E-state index >= 15 is 0 Å². The summed E-state index contributed by atoms with van der Waals surface area (Å²) in [5.41, 5.74) is 5.60. The highest BCUT2D eigenvalue weighted by Gasteiger charge is 2.24. The van der Waals surface area contributed by atoms with Gasteiger partial charge in [0.05, 0.1) is 5.60 Å². The van der Waals surface area contributed by atoms with Gasteiger partial charge in [-0.05, 0) is 12.8 Å². The third kappa shape index (κ3) is 3.21. The van der Waals surface area contributed by atoms with Crippen molar-refractivity contribution in [1.29, 1.82) is 0 Å². The molecule has 0 saturated heterocycles. The van der Waals surface area contributed by atoms with Gasteiger partial charge in [0.15, 0.2) is 0 Å². The quantitative estimate of drug-likeness (QED) is 0.642. The first kappa shape index (κ1) is 10.9. The van der Waals surface area contributed by atoms with Gasteiger partial charge >= 0.3 is 0 Å². The zero-order chi connectivity index (χ0) is 8.74. The van der Waals surface area contributed by atoms with Crippen LogP contribution in [-0.4, -0.2) is 19.3 Å². The van der Waals surface area contributed by atoms with Crippen LogP contribution in [0.5, 0.6) is 0 Å². The Labute approximate surface area is 70.1 Å². The Morgan fingerprint density at radius 1 is 1.36 bits per heavy atom. The molecule has 2 N–H and O–H groups in total. The van der Waals surface area contributed by atoms with Gasteiger partial charge in [0.1, 0.15) is 0 Å². The number of nitrogens with two attached hydrogens (primary N) is 1. The van der Waals surface area contributed by atoms with Crippen molar-refractivity contribution in [1.82, 2.24) is 0 Å². The van der Waals surface area contributed by atoms with Crippen LogP contribution in [0, 0.1) is 0 Å². The van der Waals surface area contributed by atoms with E-state index in [4.69, 9.17) is 10.5 Å². The molecule has 0 aliphatic carbocycles. The lowest BCUT2D eigenvalue weighted by molar-refractivity contribution is -0.0143.